The highest BCUT2D eigenvalue weighted by Crippen LogP contribution is 2.29. The zero-order valence-corrected chi connectivity index (χ0v) is 13.1. The van der Waals surface area contributed by atoms with Gasteiger partial charge in [0.05, 0.1) is 11.3 Å². The number of hydrogen-bond donors (Lipinski definition) is 1. The van der Waals surface area contributed by atoms with E-state index in [9.17, 15) is 18.0 Å². The van der Waals surface area contributed by atoms with Crippen molar-refractivity contribution in [3.8, 4) is 0 Å². The maximum absolute atomic E-state index is 12.6. The summed E-state index contributed by atoms with van der Waals surface area (Å²) in [7, 11) is 0. The summed E-state index contributed by atoms with van der Waals surface area (Å²) in [5.41, 5.74) is 0.745. The molecule has 2 rings (SSSR count). The number of amides is 1. The molecule has 0 fully saturated rings. The van der Waals surface area contributed by atoms with Crippen LogP contribution in [0.15, 0.2) is 42.5 Å². The first kappa shape index (κ1) is 15.8. The molecule has 2 aromatic carbocycles. The monoisotopic (exact) mass is 405 g/mol. The molecule has 0 saturated carbocycles. The van der Waals surface area contributed by atoms with Gasteiger partial charge in [-0.1, -0.05) is 12.1 Å². The summed E-state index contributed by atoms with van der Waals surface area (Å²) < 4.78 is 38.7. The molecule has 0 unspecified atom stereocenters. The van der Waals surface area contributed by atoms with Crippen molar-refractivity contribution in [2.75, 3.05) is 5.32 Å². The van der Waals surface area contributed by atoms with Crippen molar-refractivity contribution in [3.63, 3.8) is 0 Å². The fourth-order valence-corrected chi connectivity index (χ4v) is 2.56. The lowest BCUT2D eigenvalue weighted by Gasteiger charge is -2.10. The Morgan fingerprint density at radius 1 is 1.14 bits per heavy atom. The highest BCUT2D eigenvalue weighted by atomic mass is 127. The van der Waals surface area contributed by atoms with Gasteiger partial charge < -0.3 is 5.32 Å². The van der Waals surface area contributed by atoms with Crippen LogP contribution in [0.3, 0.4) is 0 Å². The lowest BCUT2D eigenvalue weighted by atomic mass is 10.1. The molecule has 2 nitrogen and oxygen atoms in total. The van der Waals surface area contributed by atoms with Gasteiger partial charge in [-0.05, 0) is 65.4 Å². The number of carbonyl (C=O) groups excluding carboxylic acids is 1. The van der Waals surface area contributed by atoms with Gasteiger partial charge in [-0.2, -0.15) is 13.2 Å². The fourth-order valence-electron chi connectivity index (χ4n) is 1.75. The van der Waals surface area contributed by atoms with E-state index in [4.69, 9.17) is 0 Å². The van der Waals surface area contributed by atoms with E-state index < -0.39 is 17.6 Å². The van der Waals surface area contributed by atoms with E-state index in [1.807, 2.05) is 19.1 Å². The quantitative estimate of drug-likeness (QED) is 0.710. The van der Waals surface area contributed by atoms with E-state index in [2.05, 4.69) is 27.9 Å². The summed E-state index contributed by atoms with van der Waals surface area (Å²) in [6.07, 6.45) is -4.46. The van der Waals surface area contributed by atoms with E-state index in [1.54, 1.807) is 6.07 Å². The number of nitrogens with one attached hydrogen (secondary N) is 1. The molecule has 1 amide bonds. The smallest absolute Gasteiger partial charge is 0.321 e. The SMILES string of the molecule is Cc1ccc(NC(=O)c2cccc(C(F)(F)F)c2)c(I)c1. The maximum Gasteiger partial charge on any atom is 0.416 e. The van der Waals surface area contributed by atoms with Gasteiger partial charge in [0.25, 0.3) is 5.91 Å². The summed E-state index contributed by atoms with van der Waals surface area (Å²) in [5.74, 6) is -0.567. The van der Waals surface area contributed by atoms with Crippen molar-refractivity contribution in [1.82, 2.24) is 0 Å². The van der Waals surface area contributed by atoms with E-state index in [1.165, 1.54) is 12.1 Å². The fraction of sp³-hybridized carbons (Fsp3) is 0.133. The molecule has 0 aliphatic carbocycles. The van der Waals surface area contributed by atoms with Crippen LogP contribution in [0.4, 0.5) is 18.9 Å². The third kappa shape index (κ3) is 3.96. The normalized spacial score (nSPS) is 11.3. The first-order valence-electron chi connectivity index (χ1n) is 6.02. The van der Waals surface area contributed by atoms with Crippen molar-refractivity contribution in [1.29, 1.82) is 0 Å². The number of alkyl halides is 3. The minimum Gasteiger partial charge on any atom is -0.321 e. The third-order valence-electron chi connectivity index (χ3n) is 2.82. The van der Waals surface area contributed by atoms with Gasteiger partial charge in [0.2, 0.25) is 0 Å². The number of halogens is 4. The largest absolute Gasteiger partial charge is 0.416 e. The summed E-state index contributed by atoms with van der Waals surface area (Å²) in [5, 5.41) is 2.62. The first-order chi connectivity index (χ1) is 9.77. The lowest BCUT2D eigenvalue weighted by molar-refractivity contribution is -0.137. The van der Waals surface area contributed by atoms with Gasteiger partial charge in [-0.15, -0.1) is 0 Å². The van der Waals surface area contributed by atoms with Gasteiger partial charge in [0.1, 0.15) is 0 Å². The highest BCUT2D eigenvalue weighted by Gasteiger charge is 2.30. The van der Waals surface area contributed by atoms with Crippen LogP contribution in [0.2, 0.25) is 0 Å². The molecule has 0 spiro atoms. The molecule has 0 aliphatic rings. The second kappa shape index (κ2) is 6.05. The van der Waals surface area contributed by atoms with E-state index in [-0.39, 0.29) is 5.56 Å². The Bertz CT molecular complexity index is 683. The van der Waals surface area contributed by atoms with Crippen molar-refractivity contribution in [2.24, 2.45) is 0 Å². The predicted molar refractivity (Wildman–Crippen MR) is 83.3 cm³/mol. The molecular weight excluding hydrogens is 394 g/mol. The Hall–Kier alpha value is -1.57. The van der Waals surface area contributed by atoms with Gasteiger partial charge in [-0.3, -0.25) is 4.79 Å². The second-order valence-electron chi connectivity index (χ2n) is 4.52. The first-order valence-corrected chi connectivity index (χ1v) is 7.10. The maximum atomic E-state index is 12.6. The van der Waals surface area contributed by atoms with Crippen molar-refractivity contribution < 1.29 is 18.0 Å². The number of aryl methyl sites for hydroxylation is 1. The molecule has 0 atom stereocenters. The van der Waals surface area contributed by atoms with Crippen LogP contribution in [-0.4, -0.2) is 5.91 Å². The zero-order chi connectivity index (χ0) is 15.6. The standard InChI is InChI=1S/C15H11F3INO/c1-9-5-6-13(12(19)7-9)20-14(21)10-3-2-4-11(8-10)15(16,17)18/h2-8H,1H3,(H,20,21). The van der Waals surface area contributed by atoms with Crippen LogP contribution in [-0.2, 0) is 6.18 Å². The van der Waals surface area contributed by atoms with Crippen LogP contribution in [0, 0.1) is 10.5 Å². The number of anilines is 1. The summed E-state index contributed by atoms with van der Waals surface area (Å²) in [6, 6.07) is 9.78. The molecule has 2 aromatic rings. The molecule has 0 radical (unpaired) electrons. The number of hydrogen-bond acceptors (Lipinski definition) is 1. The van der Waals surface area contributed by atoms with E-state index >= 15 is 0 Å². The molecule has 0 aromatic heterocycles. The molecule has 0 heterocycles. The number of benzene rings is 2. The Labute approximate surface area is 133 Å². The van der Waals surface area contributed by atoms with Crippen LogP contribution >= 0.6 is 22.6 Å². The zero-order valence-electron chi connectivity index (χ0n) is 11.0. The van der Waals surface area contributed by atoms with Gasteiger partial charge in [0, 0.05) is 9.13 Å². The Kier molecular flexibility index (Phi) is 4.55. The highest BCUT2D eigenvalue weighted by molar-refractivity contribution is 14.1. The molecule has 0 bridgehead atoms. The minimum absolute atomic E-state index is 0.0267. The topological polar surface area (TPSA) is 29.1 Å². The molecule has 1 N–H and O–H groups in total. The van der Waals surface area contributed by atoms with Crippen molar-refractivity contribution in [3.05, 3.63) is 62.7 Å². The van der Waals surface area contributed by atoms with Gasteiger partial charge >= 0.3 is 6.18 Å². The van der Waals surface area contributed by atoms with Crippen molar-refractivity contribution in [2.45, 2.75) is 13.1 Å². The number of rotatable bonds is 2. The van der Waals surface area contributed by atoms with Crippen LogP contribution in [0.1, 0.15) is 21.5 Å². The second-order valence-corrected chi connectivity index (χ2v) is 5.68. The Morgan fingerprint density at radius 2 is 1.86 bits per heavy atom. The lowest BCUT2D eigenvalue weighted by Crippen LogP contribution is -2.14. The Morgan fingerprint density at radius 3 is 2.48 bits per heavy atom. The average molecular weight is 405 g/mol. The summed E-state index contributed by atoms with van der Waals surface area (Å²) >= 11 is 2.06. The Balaban J connectivity index is 2.25. The molecule has 110 valence electrons. The predicted octanol–water partition coefficient (Wildman–Crippen LogP) is 4.87. The van der Waals surface area contributed by atoms with Crippen LogP contribution < -0.4 is 5.32 Å². The van der Waals surface area contributed by atoms with E-state index in [0.29, 0.717) is 5.69 Å². The van der Waals surface area contributed by atoms with E-state index in [0.717, 1.165) is 21.3 Å². The average Bonchev–Trinajstić information content (AvgIpc) is 2.41. The summed E-state index contributed by atoms with van der Waals surface area (Å²) in [4.78, 5) is 12.0. The summed E-state index contributed by atoms with van der Waals surface area (Å²) in [6.45, 7) is 1.92. The van der Waals surface area contributed by atoms with Crippen LogP contribution in [0.25, 0.3) is 0 Å². The molecular formula is C15H11F3INO. The van der Waals surface area contributed by atoms with Crippen molar-refractivity contribution >= 4 is 34.2 Å². The number of carbonyl (C=O) groups is 1. The third-order valence-corrected chi connectivity index (χ3v) is 3.72. The molecule has 21 heavy (non-hydrogen) atoms. The molecule has 6 heteroatoms. The van der Waals surface area contributed by atoms with Gasteiger partial charge in [0.15, 0.2) is 0 Å². The van der Waals surface area contributed by atoms with Gasteiger partial charge in [-0.25, -0.2) is 0 Å². The molecule has 0 aliphatic heterocycles. The molecule has 0 saturated heterocycles. The van der Waals surface area contributed by atoms with Crippen LogP contribution in [0.5, 0.6) is 0 Å². The minimum atomic E-state index is -4.46.